The minimum absolute atomic E-state index is 0.0406. The van der Waals surface area contributed by atoms with Gasteiger partial charge in [0, 0.05) is 50.3 Å². The summed E-state index contributed by atoms with van der Waals surface area (Å²) in [5.74, 6) is -1.25. The van der Waals surface area contributed by atoms with Gasteiger partial charge in [0.05, 0.1) is 0 Å². The molecule has 1 N–H and O–H groups in total. The molecule has 0 aromatic heterocycles. The van der Waals surface area contributed by atoms with E-state index in [0.717, 1.165) is 6.07 Å². The van der Waals surface area contributed by atoms with Gasteiger partial charge >= 0.3 is 0 Å². The van der Waals surface area contributed by atoms with E-state index in [0.29, 0.717) is 44.6 Å². The lowest BCUT2D eigenvalue weighted by Gasteiger charge is -2.39. The van der Waals surface area contributed by atoms with E-state index in [4.69, 9.17) is 0 Å². The van der Waals surface area contributed by atoms with Crippen LogP contribution in [0.25, 0.3) is 0 Å². The van der Waals surface area contributed by atoms with Crippen molar-refractivity contribution in [3.8, 4) is 0 Å². The highest BCUT2D eigenvalue weighted by Crippen LogP contribution is 2.25. The second kappa shape index (κ2) is 6.84. The van der Waals surface area contributed by atoms with E-state index in [2.05, 4.69) is 10.2 Å². The van der Waals surface area contributed by atoms with Crippen LogP contribution in [0.15, 0.2) is 18.2 Å². The highest BCUT2D eigenvalue weighted by atomic mass is 19.1. The molecule has 2 saturated heterocycles. The summed E-state index contributed by atoms with van der Waals surface area (Å²) in [4.78, 5) is 27.4. The summed E-state index contributed by atoms with van der Waals surface area (Å²) in [6.07, 6.45) is 0.951. The molecular weight excluding hydrogens is 316 g/mol. The lowest BCUT2D eigenvalue weighted by Crippen LogP contribution is -2.53. The second-order valence-corrected chi connectivity index (χ2v) is 6.36. The van der Waals surface area contributed by atoms with E-state index in [9.17, 15) is 18.4 Å². The summed E-state index contributed by atoms with van der Waals surface area (Å²) in [5, 5.41) is 2.69. The summed E-state index contributed by atoms with van der Waals surface area (Å²) >= 11 is 0. The van der Waals surface area contributed by atoms with Gasteiger partial charge in [0.1, 0.15) is 17.7 Å². The Labute approximate surface area is 139 Å². The van der Waals surface area contributed by atoms with E-state index in [-0.39, 0.29) is 17.9 Å². The number of halogens is 2. The van der Waals surface area contributed by atoms with E-state index in [1.807, 2.05) is 6.92 Å². The van der Waals surface area contributed by atoms with Crippen LogP contribution in [0.3, 0.4) is 0 Å². The summed E-state index contributed by atoms with van der Waals surface area (Å²) in [6.45, 7) is 4.19. The molecule has 2 fully saturated rings. The Morgan fingerprint density at radius 1 is 1.25 bits per heavy atom. The zero-order valence-electron chi connectivity index (χ0n) is 13.6. The van der Waals surface area contributed by atoms with Gasteiger partial charge in [-0.2, -0.15) is 0 Å². The lowest BCUT2D eigenvalue weighted by atomic mass is 10.0. The first-order chi connectivity index (χ1) is 11.5. The molecular formula is C17H21F2N3O2. The van der Waals surface area contributed by atoms with Gasteiger partial charge in [0.2, 0.25) is 11.8 Å². The third-order valence-corrected chi connectivity index (χ3v) is 4.88. The Bertz CT molecular complexity index is 645. The van der Waals surface area contributed by atoms with Gasteiger partial charge in [-0.15, -0.1) is 0 Å². The minimum atomic E-state index is -0.586. The zero-order chi connectivity index (χ0) is 17.3. The predicted octanol–water partition coefficient (Wildman–Crippen LogP) is 1.45. The van der Waals surface area contributed by atoms with Crippen LogP contribution >= 0.6 is 0 Å². The third-order valence-electron chi connectivity index (χ3n) is 4.88. The van der Waals surface area contributed by atoms with Crippen molar-refractivity contribution in [2.75, 3.05) is 26.2 Å². The van der Waals surface area contributed by atoms with Crippen LogP contribution in [-0.2, 0) is 9.59 Å². The number of amides is 2. The standard InChI is InChI=1S/C17H21F2N3O2/c1-11(13-3-2-12(18)10-14(13)19)21-6-8-22(9-7-21)17(24)15-4-5-16(23)20-15/h2-3,10-11,15H,4-9H2,1H3,(H,20,23)/t11-,15-/m0/s1. The number of hydrogen-bond acceptors (Lipinski definition) is 3. The van der Waals surface area contributed by atoms with Gasteiger partial charge in [-0.25, -0.2) is 8.78 Å². The molecule has 0 aliphatic carbocycles. The number of nitrogens with one attached hydrogen (secondary N) is 1. The second-order valence-electron chi connectivity index (χ2n) is 6.36. The number of benzene rings is 1. The number of piperazine rings is 1. The summed E-state index contributed by atoms with van der Waals surface area (Å²) in [6, 6.07) is 3.04. The van der Waals surface area contributed by atoms with Gasteiger partial charge in [-0.05, 0) is 19.4 Å². The van der Waals surface area contributed by atoms with Crippen molar-refractivity contribution in [1.29, 1.82) is 0 Å². The molecule has 2 heterocycles. The molecule has 1 aromatic rings. The van der Waals surface area contributed by atoms with Gasteiger partial charge in [0.25, 0.3) is 0 Å². The van der Waals surface area contributed by atoms with Crippen molar-refractivity contribution in [1.82, 2.24) is 15.1 Å². The number of carbonyl (C=O) groups excluding carboxylic acids is 2. The molecule has 0 spiro atoms. The van der Waals surface area contributed by atoms with E-state index >= 15 is 0 Å². The SMILES string of the molecule is C[C@@H](c1ccc(F)cc1F)N1CCN(C(=O)[C@@H]2CCC(=O)N2)CC1. The molecule has 0 unspecified atom stereocenters. The van der Waals surface area contributed by atoms with Crippen LogP contribution in [0, 0.1) is 11.6 Å². The molecule has 130 valence electrons. The van der Waals surface area contributed by atoms with E-state index in [1.54, 1.807) is 4.90 Å². The maximum atomic E-state index is 13.9. The number of nitrogens with zero attached hydrogens (tertiary/aromatic N) is 2. The van der Waals surface area contributed by atoms with Crippen LogP contribution < -0.4 is 5.32 Å². The predicted molar refractivity (Wildman–Crippen MR) is 84.1 cm³/mol. The average molecular weight is 337 g/mol. The van der Waals surface area contributed by atoms with Crippen molar-refractivity contribution >= 4 is 11.8 Å². The summed E-state index contributed by atoms with van der Waals surface area (Å²) in [7, 11) is 0. The van der Waals surface area contributed by atoms with Crippen molar-refractivity contribution in [2.45, 2.75) is 31.8 Å². The fourth-order valence-corrected chi connectivity index (χ4v) is 3.39. The average Bonchev–Trinajstić information content (AvgIpc) is 3.00. The van der Waals surface area contributed by atoms with Crippen LogP contribution in [-0.4, -0.2) is 53.8 Å². The summed E-state index contributed by atoms with van der Waals surface area (Å²) in [5.41, 5.74) is 0.458. The van der Waals surface area contributed by atoms with Crippen molar-refractivity contribution in [3.63, 3.8) is 0 Å². The first-order valence-electron chi connectivity index (χ1n) is 8.23. The van der Waals surface area contributed by atoms with Crippen LogP contribution in [0.4, 0.5) is 8.78 Å². The number of hydrogen-bond donors (Lipinski definition) is 1. The molecule has 0 radical (unpaired) electrons. The molecule has 1 aromatic carbocycles. The van der Waals surface area contributed by atoms with Crippen LogP contribution in [0.1, 0.15) is 31.4 Å². The zero-order valence-corrected chi connectivity index (χ0v) is 13.6. The lowest BCUT2D eigenvalue weighted by molar-refractivity contribution is -0.136. The first-order valence-corrected chi connectivity index (χ1v) is 8.23. The molecule has 7 heteroatoms. The van der Waals surface area contributed by atoms with Gasteiger partial charge in [-0.1, -0.05) is 6.07 Å². The van der Waals surface area contributed by atoms with Crippen LogP contribution in [0.5, 0.6) is 0 Å². The Morgan fingerprint density at radius 2 is 1.96 bits per heavy atom. The highest BCUT2D eigenvalue weighted by molar-refractivity contribution is 5.90. The number of rotatable bonds is 3. The molecule has 0 bridgehead atoms. The normalized spacial score (nSPS) is 23.2. The maximum absolute atomic E-state index is 13.9. The summed E-state index contributed by atoms with van der Waals surface area (Å²) < 4.78 is 27.0. The largest absolute Gasteiger partial charge is 0.344 e. The maximum Gasteiger partial charge on any atom is 0.245 e. The van der Waals surface area contributed by atoms with Gasteiger partial charge < -0.3 is 10.2 Å². The van der Waals surface area contributed by atoms with Gasteiger partial charge in [-0.3, -0.25) is 14.5 Å². The highest BCUT2D eigenvalue weighted by Gasteiger charge is 2.33. The molecule has 2 atom stereocenters. The molecule has 3 rings (SSSR count). The molecule has 2 aliphatic heterocycles. The van der Waals surface area contributed by atoms with Crippen LogP contribution in [0.2, 0.25) is 0 Å². The van der Waals surface area contributed by atoms with Crippen molar-refractivity contribution < 1.29 is 18.4 Å². The monoisotopic (exact) mass is 337 g/mol. The van der Waals surface area contributed by atoms with Gasteiger partial charge in [0.15, 0.2) is 0 Å². The Hall–Kier alpha value is -2.02. The topological polar surface area (TPSA) is 52.7 Å². The smallest absolute Gasteiger partial charge is 0.245 e. The first kappa shape index (κ1) is 16.8. The number of carbonyl (C=O) groups is 2. The molecule has 5 nitrogen and oxygen atoms in total. The van der Waals surface area contributed by atoms with Crippen molar-refractivity contribution in [3.05, 3.63) is 35.4 Å². The van der Waals surface area contributed by atoms with Crippen molar-refractivity contribution in [2.24, 2.45) is 0 Å². The molecule has 24 heavy (non-hydrogen) atoms. The third kappa shape index (κ3) is 3.40. The molecule has 2 amide bonds. The van der Waals surface area contributed by atoms with E-state index < -0.39 is 17.7 Å². The molecule has 2 aliphatic rings. The van der Waals surface area contributed by atoms with E-state index in [1.165, 1.54) is 12.1 Å². The quantitative estimate of drug-likeness (QED) is 0.908. The Kier molecular flexibility index (Phi) is 4.80. The Balaban J connectivity index is 1.58. The molecule has 0 saturated carbocycles. The fourth-order valence-electron chi connectivity index (χ4n) is 3.39. The minimum Gasteiger partial charge on any atom is -0.344 e. The fraction of sp³-hybridized carbons (Fsp3) is 0.529. The Morgan fingerprint density at radius 3 is 2.54 bits per heavy atom.